The summed E-state index contributed by atoms with van der Waals surface area (Å²) in [5.41, 5.74) is 2.73. The third-order valence-electron chi connectivity index (χ3n) is 5.43. The maximum Gasteiger partial charge on any atom is 0.325 e. The van der Waals surface area contributed by atoms with Crippen LogP contribution in [0.2, 0.25) is 0 Å². The molecule has 3 heterocycles. The summed E-state index contributed by atoms with van der Waals surface area (Å²) < 4.78 is 18.4. The number of nitrogens with one attached hydrogen (secondary N) is 1. The number of carbonyl (C=O) groups excluding carboxylic acids is 2. The van der Waals surface area contributed by atoms with Crippen LogP contribution in [0.3, 0.4) is 0 Å². The van der Waals surface area contributed by atoms with Crippen LogP contribution in [0.1, 0.15) is 22.7 Å². The summed E-state index contributed by atoms with van der Waals surface area (Å²) in [6.07, 6.45) is 0.429. The van der Waals surface area contributed by atoms with Gasteiger partial charge in [-0.15, -0.1) is 0 Å². The monoisotopic (exact) mass is 522 g/mol. The fraction of sp³-hybridized carbons (Fsp3) is 0.300. The molecule has 3 aliphatic rings. The summed E-state index contributed by atoms with van der Waals surface area (Å²) in [5, 5.41) is 2.45. The van der Waals surface area contributed by atoms with E-state index in [1.807, 2.05) is 24.3 Å². The summed E-state index contributed by atoms with van der Waals surface area (Å²) in [4.78, 5) is 26.8. The zero-order valence-electron chi connectivity index (χ0n) is 15.3. The molecule has 3 aliphatic heterocycles. The fourth-order valence-electron chi connectivity index (χ4n) is 4.22. The number of benzene rings is 2. The lowest BCUT2D eigenvalue weighted by Crippen LogP contribution is -2.44. The Bertz CT molecular complexity index is 1030. The Morgan fingerprint density at radius 2 is 1.72 bits per heavy atom. The van der Waals surface area contributed by atoms with Crippen LogP contribution >= 0.6 is 31.9 Å². The quantitative estimate of drug-likeness (QED) is 0.609. The molecule has 0 bridgehead atoms. The van der Waals surface area contributed by atoms with Gasteiger partial charge < -0.3 is 19.1 Å². The van der Waals surface area contributed by atoms with Crippen molar-refractivity contribution in [2.24, 2.45) is 0 Å². The van der Waals surface area contributed by atoms with E-state index in [-0.39, 0.29) is 5.91 Å². The van der Waals surface area contributed by atoms with Gasteiger partial charge in [-0.05, 0) is 72.8 Å². The summed E-state index contributed by atoms with van der Waals surface area (Å²) >= 11 is 7.08. The predicted octanol–water partition coefficient (Wildman–Crippen LogP) is 3.56. The maximum atomic E-state index is 12.7. The minimum atomic E-state index is -0.567. The number of hydrogen-bond donors (Lipinski definition) is 1. The van der Waals surface area contributed by atoms with Crippen molar-refractivity contribution in [3.63, 3.8) is 0 Å². The van der Waals surface area contributed by atoms with E-state index in [2.05, 4.69) is 37.2 Å². The SMILES string of the molecule is COc1c(Br)cc([C@@H]2c3cc4c(cc3C[C@H]3C(=O)NC(=O)N23)OCCO4)cc1Br. The zero-order chi connectivity index (χ0) is 20.3. The van der Waals surface area contributed by atoms with E-state index < -0.39 is 18.1 Å². The van der Waals surface area contributed by atoms with Gasteiger partial charge in [-0.1, -0.05) is 0 Å². The second-order valence-corrected chi connectivity index (χ2v) is 8.75. The van der Waals surface area contributed by atoms with Crippen molar-refractivity contribution < 1.29 is 23.8 Å². The van der Waals surface area contributed by atoms with E-state index in [0.29, 0.717) is 36.9 Å². The number of methoxy groups -OCH3 is 1. The van der Waals surface area contributed by atoms with Crippen LogP contribution in [0.25, 0.3) is 0 Å². The van der Waals surface area contributed by atoms with Gasteiger partial charge in [-0.25, -0.2) is 4.79 Å². The second-order valence-electron chi connectivity index (χ2n) is 7.04. The van der Waals surface area contributed by atoms with Crippen LogP contribution in [-0.4, -0.2) is 43.2 Å². The van der Waals surface area contributed by atoms with Crippen molar-refractivity contribution in [1.29, 1.82) is 0 Å². The molecule has 2 atom stereocenters. The molecule has 29 heavy (non-hydrogen) atoms. The molecule has 7 nitrogen and oxygen atoms in total. The number of halogens is 2. The zero-order valence-corrected chi connectivity index (χ0v) is 18.5. The first kappa shape index (κ1) is 18.7. The fourth-order valence-corrected chi connectivity index (χ4v) is 5.76. The smallest absolute Gasteiger partial charge is 0.325 e. The Hall–Kier alpha value is -2.26. The van der Waals surface area contributed by atoms with E-state index in [1.165, 1.54) is 0 Å². The standard InChI is InChI=1S/C20H16Br2N2O5/c1-27-18-12(21)4-10(5-13(18)22)17-11-8-16-15(28-2-3-29-16)7-9(11)6-14-19(25)23-20(26)24(14)17/h4-5,7-8,14,17H,2-3,6H2,1H3,(H,23,25,26)/t14-,17+/m0/s1. The molecular weight excluding hydrogens is 508 g/mol. The van der Waals surface area contributed by atoms with Gasteiger partial charge in [0.2, 0.25) is 0 Å². The van der Waals surface area contributed by atoms with Crippen molar-refractivity contribution in [2.45, 2.75) is 18.5 Å². The van der Waals surface area contributed by atoms with Crippen molar-refractivity contribution in [2.75, 3.05) is 20.3 Å². The van der Waals surface area contributed by atoms with Gasteiger partial charge in [-0.3, -0.25) is 10.1 Å². The Balaban J connectivity index is 1.72. The van der Waals surface area contributed by atoms with Crippen LogP contribution in [0, 0.1) is 0 Å². The molecule has 9 heteroatoms. The lowest BCUT2D eigenvalue weighted by molar-refractivity contribution is -0.121. The number of amides is 3. The van der Waals surface area contributed by atoms with Gasteiger partial charge in [0.25, 0.3) is 5.91 Å². The van der Waals surface area contributed by atoms with Crippen molar-refractivity contribution in [1.82, 2.24) is 10.2 Å². The minimum Gasteiger partial charge on any atom is -0.494 e. The molecular formula is C20H16Br2N2O5. The highest BCUT2D eigenvalue weighted by Crippen LogP contribution is 2.46. The molecule has 0 aliphatic carbocycles. The average Bonchev–Trinajstić information content (AvgIpc) is 2.97. The minimum absolute atomic E-state index is 0.285. The highest BCUT2D eigenvalue weighted by molar-refractivity contribution is 9.11. The Labute approximate surface area is 183 Å². The largest absolute Gasteiger partial charge is 0.494 e. The predicted molar refractivity (Wildman–Crippen MR) is 111 cm³/mol. The lowest BCUT2D eigenvalue weighted by Gasteiger charge is -2.38. The first-order valence-corrected chi connectivity index (χ1v) is 10.6. The molecule has 0 unspecified atom stereocenters. The Morgan fingerprint density at radius 1 is 1.07 bits per heavy atom. The summed E-state index contributed by atoms with van der Waals surface area (Å²) in [6.45, 7) is 0.962. The molecule has 0 radical (unpaired) electrons. The number of rotatable bonds is 2. The number of nitrogens with zero attached hydrogens (tertiary/aromatic N) is 1. The summed E-state index contributed by atoms with van der Waals surface area (Å²) in [7, 11) is 1.59. The molecule has 1 fully saturated rings. The second kappa shape index (κ2) is 6.91. The number of carbonyl (C=O) groups is 2. The molecule has 0 saturated carbocycles. The molecule has 150 valence electrons. The third-order valence-corrected chi connectivity index (χ3v) is 6.61. The van der Waals surface area contributed by atoms with Gasteiger partial charge in [0.05, 0.1) is 22.1 Å². The van der Waals surface area contributed by atoms with E-state index in [9.17, 15) is 9.59 Å². The average molecular weight is 524 g/mol. The van der Waals surface area contributed by atoms with E-state index >= 15 is 0 Å². The molecule has 2 aromatic carbocycles. The third kappa shape index (κ3) is 2.90. The van der Waals surface area contributed by atoms with Gasteiger partial charge in [0, 0.05) is 6.42 Å². The molecule has 5 rings (SSSR count). The van der Waals surface area contributed by atoms with Gasteiger partial charge >= 0.3 is 6.03 Å². The van der Waals surface area contributed by atoms with Gasteiger partial charge in [0.1, 0.15) is 25.0 Å². The normalized spacial score (nSPS) is 22.1. The maximum absolute atomic E-state index is 12.7. The van der Waals surface area contributed by atoms with Crippen LogP contribution in [-0.2, 0) is 11.2 Å². The molecule has 3 amide bonds. The number of fused-ring (bicyclic) bond motifs is 3. The highest BCUT2D eigenvalue weighted by atomic mass is 79.9. The van der Waals surface area contributed by atoms with Gasteiger partial charge in [0.15, 0.2) is 11.5 Å². The van der Waals surface area contributed by atoms with Crippen LogP contribution in [0.4, 0.5) is 4.79 Å². The van der Waals surface area contributed by atoms with Gasteiger partial charge in [-0.2, -0.15) is 0 Å². The highest BCUT2D eigenvalue weighted by Gasteiger charge is 2.47. The van der Waals surface area contributed by atoms with Crippen molar-refractivity contribution >= 4 is 43.8 Å². The molecule has 0 aromatic heterocycles. The molecule has 1 N–H and O–H groups in total. The summed E-state index contributed by atoms with van der Waals surface area (Å²) in [5.74, 6) is 1.69. The Kier molecular flexibility index (Phi) is 4.47. The lowest BCUT2D eigenvalue weighted by atomic mass is 9.85. The molecule has 1 saturated heterocycles. The first-order valence-electron chi connectivity index (χ1n) is 9.06. The summed E-state index contributed by atoms with van der Waals surface area (Å²) in [6, 6.07) is 6.26. The van der Waals surface area contributed by atoms with E-state index in [1.54, 1.807) is 12.0 Å². The van der Waals surface area contributed by atoms with Crippen molar-refractivity contribution in [3.8, 4) is 17.2 Å². The van der Waals surface area contributed by atoms with E-state index in [0.717, 1.165) is 25.6 Å². The van der Waals surface area contributed by atoms with Crippen molar-refractivity contribution in [3.05, 3.63) is 49.9 Å². The van der Waals surface area contributed by atoms with Crippen LogP contribution in [0.5, 0.6) is 17.2 Å². The first-order chi connectivity index (χ1) is 14.0. The number of ether oxygens (including phenoxy) is 3. The molecule has 0 spiro atoms. The topological polar surface area (TPSA) is 77.1 Å². The number of imide groups is 1. The van der Waals surface area contributed by atoms with Crippen LogP contribution < -0.4 is 19.5 Å². The molecule has 2 aromatic rings. The number of hydrogen-bond acceptors (Lipinski definition) is 5. The Morgan fingerprint density at radius 3 is 2.38 bits per heavy atom. The van der Waals surface area contributed by atoms with Crippen LogP contribution in [0.15, 0.2) is 33.2 Å². The van der Waals surface area contributed by atoms with E-state index in [4.69, 9.17) is 14.2 Å². The number of urea groups is 1.